The normalized spacial score (nSPS) is 14.0. The van der Waals surface area contributed by atoms with Crippen LogP contribution in [0.25, 0.3) is 0 Å². The van der Waals surface area contributed by atoms with Crippen molar-refractivity contribution in [1.82, 2.24) is 9.97 Å². The highest BCUT2D eigenvalue weighted by Crippen LogP contribution is 2.26. The molecule has 0 amide bonds. The molecule has 2 nitrogen and oxygen atoms in total. The van der Waals surface area contributed by atoms with Gasteiger partial charge in [-0.2, -0.15) is 0 Å². The van der Waals surface area contributed by atoms with Crippen LogP contribution in [-0.2, 0) is 6.42 Å². The predicted octanol–water partition coefficient (Wildman–Crippen LogP) is 5.85. The van der Waals surface area contributed by atoms with E-state index in [1.807, 2.05) is 12.4 Å². The minimum absolute atomic E-state index is 0.494. The van der Waals surface area contributed by atoms with Crippen molar-refractivity contribution >= 4 is 0 Å². The van der Waals surface area contributed by atoms with Crippen molar-refractivity contribution in [1.29, 1.82) is 0 Å². The molecular weight excluding hydrogens is 280 g/mol. The summed E-state index contributed by atoms with van der Waals surface area (Å²) >= 11 is 0. The van der Waals surface area contributed by atoms with Gasteiger partial charge in [-0.25, -0.2) is 0 Å². The summed E-state index contributed by atoms with van der Waals surface area (Å²) in [7, 11) is 0. The molecule has 2 rings (SSSR count). The molecule has 23 heavy (non-hydrogen) atoms. The van der Waals surface area contributed by atoms with Crippen molar-refractivity contribution in [3.63, 3.8) is 0 Å². The number of pyridine rings is 2. The lowest BCUT2D eigenvalue weighted by Crippen LogP contribution is -2.03. The summed E-state index contributed by atoms with van der Waals surface area (Å²) in [5, 5.41) is 0. The van der Waals surface area contributed by atoms with Gasteiger partial charge in [-0.05, 0) is 60.3 Å². The molecule has 0 saturated carbocycles. The Balaban J connectivity index is 1.90. The van der Waals surface area contributed by atoms with Gasteiger partial charge in [0.25, 0.3) is 0 Å². The molecule has 0 aromatic carbocycles. The van der Waals surface area contributed by atoms with Crippen LogP contribution in [0.3, 0.4) is 0 Å². The summed E-state index contributed by atoms with van der Waals surface area (Å²) in [6, 6.07) is 8.80. The molecule has 2 aromatic heterocycles. The van der Waals surface area contributed by atoms with E-state index in [2.05, 4.69) is 68.9 Å². The third-order valence-corrected chi connectivity index (χ3v) is 4.77. The van der Waals surface area contributed by atoms with E-state index in [1.54, 1.807) is 0 Å². The number of rotatable bonds is 7. The van der Waals surface area contributed by atoms with E-state index in [0.717, 1.165) is 19.3 Å². The van der Waals surface area contributed by atoms with Gasteiger partial charge in [0, 0.05) is 23.8 Å². The van der Waals surface area contributed by atoms with Gasteiger partial charge < -0.3 is 0 Å². The van der Waals surface area contributed by atoms with E-state index < -0.39 is 0 Å². The van der Waals surface area contributed by atoms with Gasteiger partial charge in [-0.3, -0.25) is 9.97 Å². The number of aryl methyl sites for hydroxylation is 1. The lowest BCUT2D eigenvalue weighted by atomic mass is 9.92. The van der Waals surface area contributed by atoms with Gasteiger partial charge in [-0.15, -0.1) is 0 Å². The summed E-state index contributed by atoms with van der Waals surface area (Å²) in [4.78, 5) is 9.27. The Morgan fingerprint density at radius 2 is 1.35 bits per heavy atom. The SMILES string of the molecule is CCc1ccc(C(C)CCC(C)c2ccc(C(C)C)cn2)nc1. The second-order valence-corrected chi connectivity index (χ2v) is 7.00. The second-order valence-electron chi connectivity index (χ2n) is 7.00. The highest BCUT2D eigenvalue weighted by atomic mass is 14.7. The molecule has 0 bridgehead atoms. The van der Waals surface area contributed by atoms with E-state index in [9.17, 15) is 0 Å². The zero-order chi connectivity index (χ0) is 16.8. The van der Waals surface area contributed by atoms with Crippen molar-refractivity contribution in [2.24, 2.45) is 0 Å². The first-order chi connectivity index (χ1) is 11.0. The summed E-state index contributed by atoms with van der Waals surface area (Å²) < 4.78 is 0. The molecule has 0 saturated heterocycles. The Morgan fingerprint density at radius 1 is 0.783 bits per heavy atom. The van der Waals surface area contributed by atoms with E-state index in [4.69, 9.17) is 0 Å². The summed E-state index contributed by atoms with van der Waals surface area (Å²) in [5.41, 5.74) is 5.03. The van der Waals surface area contributed by atoms with Crippen LogP contribution in [0.2, 0.25) is 0 Å². The van der Waals surface area contributed by atoms with E-state index in [0.29, 0.717) is 17.8 Å². The first-order valence-corrected chi connectivity index (χ1v) is 8.91. The zero-order valence-corrected chi connectivity index (χ0v) is 15.2. The van der Waals surface area contributed by atoms with Crippen molar-refractivity contribution < 1.29 is 0 Å². The first kappa shape index (κ1) is 17.7. The van der Waals surface area contributed by atoms with Gasteiger partial charge in [0.05, 0.1) is 0 Å². The fraction of sp³-hybridized carbons (Fsp3) is 0.524. The smallest absolute Gasteiger partial charge is 0.0431 e. The van der Waals surface area contributed by atoms with Crippen molar-refractivity contribution in [2.45, 2.75) is 71.6 Å². The topological polar surface area (TPSA) is 25.8 Å². The fourth-order valence-electron chi connectivity index (χ4n) is 2.78. The molecule has 0 aliphatic heterocycles. The quantitative estimate of drug-likeness (QED) is 0.641. The van der Waals surface area contributed by atoms with Crippen LogP contribution in [-0.4, -0.2) is 9.97 Å². The Bertz CT molecular complexity index is 584. The number of nitrogens with zero attached hydrogens (tertiary/aromatic N) is 2. The molecule has 0 N–H and O–H groups in total. The maximum Gasteiger partial charge on any atom is 0.0431 e. The first-order valence-electron chi connectivity index (χ1n) is 8.91. The number of aromatic nitrogens is 2. The monoisotopic (exact) mass is 310 g/mol. The van der Waals surface area contributed by atoms with E-state index >= 15 is 0 Å². The molecule has 0 aliphatic rings. The largest absolute Gasteiger partial charge is 0.261 e. The molecule has 2 atom stereocenters. The molecule has 2 unspecified atom stereocenters. The Kier molecular flexibility index (Phi) is 6.32. The van der Waals surface area contributed by atoms with Crippen LogP contribution >= 0.6 is 0 Å². The van der Waals surface area contributed by atoms with Crippen LogP contribution < -0.4 is 0 Å². The summed E-state index contributed by atoms with van der Waals surface area (Å²) in [6.45, 7) is 11.1. The minimum atomic E-state index is 0.494. The number of hydrogen-bond donors (Lipinski definition) is 0. The van der Waals surface area contributed by atoms with Crippen molar-refractivity contribution in [2.75, 3.05) is 0 Å². The molecule has 2 aromatic rings. The standard InChI is InChI=1S/C21H30N2/c1-6-18-9-11-20(22-13-18)16(4)7-8-17(5)21-12-10-19(14-23-21)15(2)3/h9-17H,6-8H2,1-5H3. The molecule has 0 aliphatic carbocycles. The van der Waals surface area contributed by atoms with Crippen LogP contribution in [0.15, 0.2) is 36.7 Å². The highest BCUT2D eigenvalue weighted by Gasteiger charge is 2.12. The van der Waals surface area contributed by atoms with Gasteiger partial charge >= 0.3 is 0 Å². The maximum atomic E-state index is 4.66. The van der Waals surface area contributed by atoms with Crippen LogP contribution in [0.4, 0.5) is 0 Å². The summed E-state index contributed by atoms with van der Waals surface area (Å²) in [5.74, 6) is 1.54. The fourth-order valence-corrected chi connectivity index (χ4v) is 2.78. The third kappa shape index (κ3) is 4.89. The average Bonchev–Trinajstić information content (AvgIpc) is 2.59. The van der Waals surface area contributed by atoms with Crippen LogP contribution in [0.1, 0.15) is 87.7 Å². The van der Waals surface area contributed by atoms with Gasteiger partial charge in [0.15, 0.2) is 0 Å². The van der Waals surface area contributed by atoms with Gasteiger partial charge in [0.1, 0.15) is 0 Å². The molecule has 0 radical (unpaired) electrons. The zero-order valence-electron chi connectivity index (χ0n) is 15.2. The molecular formula is C21H30N2. The van der Waals surface area contributed by atoms with E-state index in [-0.39, 0.29) is 0 Å². The average molecular weight is 310 g/mol. The Morgan fingerprint density at radius 3 is 1.74 bits per heavy atom. The molecule has 0 fully saturated rings. The molecule has 2 heteroatoms. The highest BCUT2D eigenvalue weighted by molar-refractivity contribution is 5.19. The maximum absolute atomic E-state index is 4.66. The van der Waals surface area contributed by atoms with Gasteiger partial charge in [-0.1, -0.05) is 46.8 Å². The second kappa shape index (κ2) is 8.24. The lowest BCUT2D eigenvalue weighted by Gasteiger charge is -2.16. The Labute approximate surface area is 141 Å². The number of hydrogen-bond acceptors (Lipinski definition) is 2. The molecule has 2 heterocycles. The summed E-state index contributed by atoms with van der Waals surface area (Å²) in [6.07, 6.45) is 7.39. The van der Waals surface area contributed by atoms with Crippen LogP contribution in [0.5, 0.6) is 0 Å². The van der Waals surface area contributed by atoms with E-state index in [1.165, 1.54) is 22.5 Å². The Hall–Kier alpha value is -1.70. The third-order valence-electron chi connectivity index (χ3n) is 4.77. The van der Waals surface area contributed by atoms with Crippen molar-refractivity contribution in [3.05, 3.63) is 59.2 Å². The molecule has 124 valence electrons. The lowest BCUT2D eigenvalue weighted by molar-refractivity contribution is 0.557. The van der Waals surface area contributed by atoms with Crippen molar-refractivity contribution in [3.8, 4) is 0 Å². The van der Waals surface area contributed by atoms with Gasteiger partial charge in [0.2, 0.25) is 0 Å². The minimum Gasteiger partial charge on any atom is -0.261 e. The van der Waals surface area contributed by atoms with Crippen LogP contribution in [0, 0.1) is 0 Å². The predicted molar refractivity (Wildman–Crippen MR) is 98.0 cm³/mol. The molecule has 0 spiro atoms.